The third-order valence-electron chi connectivity index (χ3n) is 1.33. The molecule has 0 N–H and O–H groups in total. The van der Waals surface area contributed by atoms with E-state index in [9.17, 15) is 0 Å². The molecule has 0 aromatic rings. The first kappa shape index (κ1) is 19.8. The van der Waals surface area contributed by atoms with Gasteiger partial charge in [-0.05, 0) is 25.7 Å². The second kappa shape index (κ2) is 23.3. The third kappa shape index (κ3) is 31.9. The molecule has 1 aliphatic rings. The van der Waals surface area contributed by atoms with Crippen molar-refractivity contribution in [2.75, 3.05) is 0 Å². The maximum absolute atomic E-state index is 3.25. The molecule has 0 heterocycles. The van der Waals surface area contributed by atoms with Gasteiger partial charge in [0.05, 0.1) is 0 Å². The topological polar surface area (TPSA) is 0 Å². The van der Waals surface area contributed by atoms with Gasteiger partial charge in [-0.1, -0.05) is 24.3 Å². The summed E-state index contributed by atoms with van der Waals surface area (Å²) >= 11 is 0. The van der Waals surface area contributed by atoms with Crippen LogP contribution in [0.1, 0.15) is 25.7 Å². The van der Waals surface area contributed by atoms with E-state index < -0.39 is 0 Å². The van der Waals surface area contributed by atoms with Gasteiger partial charge >= 0.3 is 19.5 Å². The van der Waals surface area contributed by atoms with Crippen LogP contribution in [0.15, 0.2) is 49.6 Å². The maximum atomic E-state index is 3.25. The van der Waals surface area contributed by atoms with Gasteiger partial charge in [0.25, 0.3) is 0 Å². The fraction of sp³-hybridized carbons (Fsp3) is 0.286. The Bertz CT molecular complexity index is 134. The molecule has 15 heavy (non-hydrogen) atoms. The molecule has 1 heteroatoms. The van der Waals surface area contributed by atoms with E-state index in [4.69, 9.17) is 0 Å². The Balaban J connectivity index is -0.000000177. The molecule has 0 aromatic heterocycles. The van der Waals surface area contributed by atoms with Crippen molar-refractivity contribution in [3.8, 4) is 0 Å². The van der Waals surface area contributed by atoms with Crippen molar-refractivity contribution in [1.29, 1.82) is 0 Å². The van der Waals surface area contributed by atoms with Crippen LogP contribution in [-0.4, -0.2) is 0 Å². The van der Waals surface area contributed by atoms with Gasteiger partial charge in [-0.15, -0.1) is 0 Å². The van der Waals surface area contributed by atoms with Gasteiger partial charge in [0.2, 0.25) is 0 Å². The number of rotatable bonds is 0. The minimum absolute atomic E-state index is 0. The van der Waals surface area contributed by atoms with Crippen LogP contribution in [0.25, 0.3) is 0 Å². The molecule has 0 aliphatic heterocycles. The summed E-state index contributed by atoms with van der Waals surface area (Å²) in [4.78, 5) is 0. The summed E-state index contributed by atoms with van der Waals surface area (Å²) in [5.41, 5.74) is 0. The van der Waals surface area contributed by atoms with Crippen LogP contribution in [0.2, 0.25) is 0 Å². The Labute approximate surface area is 109 Å². The Morgan fingerprint density at radius 2 is 0.867 bits per heavy atom. The van der Waals surface area contributed by atoms with Gasteiger partial charge in [-0.25, -0.2) is 39.2 Å². The van der Waals surface area contributed by atoms with Gasteiger partial charge in [0, 0.05) is 0 Å². The molecule has 0 radical (unpaired) electrons. The van der Waals surface area contributed by atoms with Crippen LogP contribution >= 0.6 is 0 Å². The van der Waals surface area contributed by atoms with Crippen molar-refractivity contribution < 1.29 is 19.5 Å². The Morgan fingerprint density at radius 3 is 1.00 bits per heavy atom. The van der Waals surface area contributed by atoms with Crippen molar-refractivity contribution in [2.24, 2.45) is 0 Å². The van der Waals surface area contributed by atoms with Crippen molar-refractivity contribution in [3.05, 3.63) is 63.5 Å². The summed E-state index contributed by atoms with van der Waals surface area (Å²) in [7, 11) is 0. The normalized spacial score (nSPS) is 14.4. The zero-order valence-electron chi connectivity index (χ0n) is 9.47. The third-order valence-corrected chi connectivity index (χ3v) is 1.33. The number of allylic oxidation sites excluding steroid dienone is 6. The van der Waals surface area contributed by atoms with Crippen LogP contribution in [0.4, 0.5) is 0 Å². The van der Waals surface area contributed by atoms with Crippen LogP contribution in [0, 0.1) is 13.8 Å². The van der Waals surface area contributed by atoms with E-state index in [1.807, 2.05) is 0 Å². The molecule has 86 valence electrons. The van der Waals surface area contributed by atoms with Crippen molar-refractivity contribution in [1.82, 2.24) is 0 Å². The first-order valence-corrected chi connectivity index (χ1v) is 4.93. The fourth-order valence-electron chi connectivity index (χ4n) is 0.856. The van der Waals surface area contributed by atoms with Gasteiger partial charge in [0.15, 0.2) is 0 Å². The van der Waals surface area contributed by atoms with Crippen LogP contribution in [-0.2, 0) is 19.5 Å². The van der Waals surface area contributed by atoms with Crippen molar-refractivity contribution in [2.45, 2.75) is 25.7 Å². The molecule has 0 saturated carbocycles. The first-order chi connectivity index (χ1) is 6.83. The van der Waals surface area contributed by atoms with E-state index in [2.05, 4.69) is 51.3 Å². The van der Waals surface area contributed by atoms with Crippen LogP contribution < -0.4 is 0 Å². The molecule has 1 aliphatic carbocycles. The average Bonchev–Trinajstić information content (AvgIpc) is 2.04. The fourth-order valence-corrected chi connectivity index (χ4v) is 0.856. The van der Waals surface area contributed by atoms with Gasteiger partial charge in [-0.2, -0.15) is 0 Å². The molecule has 0 bridgehead atoms. The van der Waals surface area contributed by atoms with Gasteiger partial charge in [-0.3, -0.25) is 0 Å². The Kier molecular flexibility index (Phi) is 30.8. The molecule has 0 atom stereocenters. The van der Waals surface area contributed by atoms with Crippen LogP contribution in [0.5, 0.6) is 0 Å². The van der Waals surface area contributed by atoms with Gasteiger partial charge < -0.3 is 0 Å². The quantitative estimate of drug-likeness (QED) is 0.345. The molecule has 0 fully saturated rings. The Hall–Kier alpha value is -0.677. The molecule has 0 unspecified atom stereocenters. The SMILES string of the molecule is C1=CCC/C=C\CC1.C=C[CH2-].C=C[CH2-].[Ru+2]. The second-order valence-corrected chi connectivity index (χ2v) is 2.67. The smallest absolute Gasteiger partial charge is 0.245 e. The monoisotopic (exact) mass is 292 g/mol. The van der Waals surface area contributed by atoms with E-state index in [1.54, 1.807) is 0 Å². The minimum atomic E-state index is 0. The molecular weight excluding hydrogens is 269 g/mol. The first-order valence-electron chi connectivity index (χ1n) is 4.93. The second-order valence-electron chi connectivity index (χ2n) is 2.67. The average molecular weight is 291 g/mol. The van der Waals surface area contributed by atoms with E-state index in [-0.39, 0.29) is 19.5 Å². The standard InChI is InChI=1S/C8H12.2C3H5.Ru/c1-2-4-6-8-7-5-3-1;2*1-3-2;/h1-2,7-8H,3-6H2;2*3H,1-2H2;/q;2*-1;+2/b2-1-,8-7?;;;. The summed E-state index contributed by atoms with van der Waals surface area (Å²) in [5, 5.41) is 0. The maximum Gasteiger partial charge on any atom is 2.00 e. The van der Waals surface area contributed by atoms with E-state index in [0.29, 0.717) is 0 Å². The van der Waals surface area contributed by atoms with E-state index in [1.165, 1.54) is 37.8 Å². The van der Waals surface area contributed by atoms with Crippen molar-refractivity contribution >= 4 is 0 Å². The van der Waals surface area contributed by atoms with E-state index in [0.717, 1.165) is 0 Å². The molecule has 0 amide bonds. The Morgan fingerprint density at radius 1 is 0.733 bits per heavy atom. The number of hydrogen-bond donors (Lipinski definition) is 0. The molecule has 0 aromatic carbocycles. The summed E-state index contributed by atoms with van der Waals surface area (Å²) in [6.07, 6.45) is 17.0. The predicted molar refractivity (Wildman–Crippen MR) is 67.9 cm³/mol. The summed E-state index contributed by atoms with van der Waals surface area (Å²) < 4.78 is 0. The zero-order valence-corrected chi connectivity index (χ0v) is 11.2. The van der Waals surface area contributed by atoms with Crippen molar-refractivity contribution in [3.63, 3.8) is 0 Å². The van der Waals surface area contributed by atoms with Crippen LogP contribution in [0.3, 0.4) is 0 Å². The zero-order chi connectivity index (χ0) is 11.1. The summed E-state index contributed by atoms with van der Waals surface area (Å²) in [6, 6.07) is 0. The molecule has 1 rings (SSSR count). The largest absolute Gasteiger partial charge is 2.00 e. The molecule has 0 saturated heterocycles. The molecule has 0 spiro atoms. The molecule has 0 nitrogen and oxygen atoms in total. The van der Waals surface area contributed by atoms with E-state index >= 15 is 0 Å². The summed E-state index contributed by atoms with van der Waals surface area (Å²) in [5.74, 6) is 0. The minimum Gasteiger partial charge on any atom is -0.245 e. The number of hydrogen-bond acceptors (Lipinski definition) is 0. The summed E-state index contributed by atoms with van der Waals surface area (Å²) in [6.45, 7) is 13.0. The van der Waals surface area contributed by atoms with Gasteiger partial charge in [0.1, 0.15) is 0 Å². The molecular formula is C14H22Ru. The predicted octanol–water partition coefficient (Wildman–Crippen LogP) is 4.68.